The third kappa shape index (κ3) is 3.03. The van der Waals surface area contributed by atoms with Crippen molar-refractivity contribution in [2.24, 2.45) is 11.8 Å². The second kappa shape index (κ2) is 4.91. The molecule has 0 aliphatic heterocycles. The number of ketones is 1. The zero-order valence-electron chi connectivity index (χ0n) is 8.09. The molecule has 3 heteroatoms. The number of esters is 1. The van der Waals surface area contributed by atoms with Gasteiger partial charge in [0.15, 0.2) is 0 Å². The molecule has 0 N–H and O–H groups in total. The van der Waals surface area contributed by atoms with E-state index in [9.17, 15) is 9.59 Å². The van der Waals surface area contributed by atoms with Gasteiger partial charge in [0.05, 0.1) is 6.61 Å². The number of rotatable bonds is 4. The molecule has 0 amide bonds. The fourth-order valence-corrected chi connectivity index (χ4v) is 0.691. The Morgan fingerprint density at radius 2 is 1.75 bits per heavy atom. The smallest absolute Gasteiger partial charge is 0.374 e. The van der Waals surface area contributed by atoms with Crippen LogP contribution < -0.4 is 0 Å². The van der Waals surface area contributed by atoms with Crippen molar-refractivity contribution in [2.45, 2.75) is 27.7 Å². The SMILES string of the molecule is CCOC(=O)C(=O)C(C)C(C)C. The molecule has 3 nitrogen and oxygen atoms in total. The number of Topliss-reactive ketones (excluding diaryl/α,β-unsaturated/α-hetero) is 1. The van der Waals surface area contributed by atoms with Gasteiger partial charge in [-0.1, -0.05) is 20.8 Å². The van der Waals surface area contributed by atoms with E-state index in [-0.39, 0.29) is 18.4 Å². The maximum atomic E-state index is 11.2. The standard InChI is InChI=1S/C9H16O3/c1-5-12-9(11)8(10)7(4)6(2)3/h6-7H,5H2,1-4H3. The van der Waals surface area contributed by atoms with Gasteiger partial charge in [-0.25, -0.2) is 4.79 Å². The van der Waals surface area contributed by atoms with E-state index in [1.54, 1.807) is 13.8 Å². The van der Waals surface area contributed by atoms with Gasteiger partial charge in [-0.05, 0) is 12.8 Å². The minimum absolute atomic E-state index is 0.182. The van der Waals surface area contributed by atoms with Crippen LogP contribution in [0.5, 0.6) is 0 Å². The van der Waals surface area contributed by atoms with Crippen LogP contribution in [0.3, 0.4) is 0 Å². The Morgan fingerprint density at radius 1 is 1.25 bits per heavy atom. The van der Waals surface area contributed by atoms with Crippen LogP contribution >= 0.6 is 0 Å². The van der Waals surface area contributed by atoms with Crippen molar-refractivity contribution in [1.29, 1.82) is 0 Å². The van der Waals surface area contributed by atoms with Crippen molar-refractivity contribution in [3.05, 3.63) is 0 Å². The zero-order valence-corrected chi connectivity index (χ0v) is 8.09. The van der Waals surface area contributed by atoms with Crippen LogP contribution in [0, 0.1) is 11.8 Å². The van der Waals surface area contributed by atoms with E-state index in [0.717, 1.165) is 0 Å². The van der Waals surface area contributed by atoms with Crippen LogP contribution in [0.1, 0.15) is 27.7 Å². The Balaban J connectivity index is 4.10. The van der Waals surface area contributed by atoms with Gasteiger partial charge in [0.25, 0.3) is 0 Å². The first-order chi connectivity index (χ1) is 5.50. The zero-order chi connectivity index (χ0) is 9.72. The lowest BCUT2D eigenvalue weighted by Crippen LogP contribution is -2.27. The highest BCUT2D eigenvalue weighted by Crippen LogP contribution is 2.11. The number of carbonyl (C=O) groups is 2. The molecule has 0 saturated carbocycles. The summed E-state index contributed by atoms with van der Waals surface area (Å²) >= 11 is 0. The predicted octanol–water partition coefficient (Wildman–Crippen LogP) is 1.41. The van der Waals surface area contributed by atoms with Crippen molar-refractivity contribution in [3.8, 4) is 0 Å². The maximum absolute atomic E-state index is 11.2. The highest BCUT2D eigenvalue weighted by atomic mass is 16.5. The third-order valence-corrected chi connectivity index (χ3v) is 1.89. The fraction of sp³-hybridized carbons (Fsp3) is 0.778. The molecule has 0 saturated heterocycles. The lowest BCUT2D eigenvalue weighted by molar-refractivity contribution is -0.155. The number of carbonyl (C=O) groups excluding carboxylic acids is 2. The lowest BCUT2D eigenvalue weighted by Gasteiger charge is -2.12. The van der Waals surface area contributed by atoms with Crippen molar-refractivity contribution < 1.29 is 14.3 Å². The van der Waals surface area contributed by atoms with E-state index in [1.165, 1.54) is 0 Å². The van der Waals surface area contributed by atoms with Gasteiger partial charge >= 0.3 is 5.97 Å². The summed E-state index contributed by atoms with van der Waals surface area (Å²) in [6.07, 6.45) is 0. The molecule has 0 fully saturated rings. The normalized spacial score (nSPS) is 12.8. The molecule has 1 unspecified atom stereocenters. The van der Waals surface area contributed by atoms with Crippen LogP contribution in [-0.2, 0) is 14.3 Å². The van der Waals surface area contributed by atoms with E-state index in [1.807, 2.05) is 13.8 Å². The van der Waals surface area contributed by atoms with Gasteiger partial charge in [0.2, 0.25) is 5.78 Å². The number of ether oxygens (including phenoxy) is 1. The molecule has 0 aromatic carbocycles. The van der Waals surface area contributed by atoms with E-state index in [4.69, 9.17) is 0 Å². The van der Waals surface area contributed by atoms with E-state index < -0.39 is 11.8 Å². The average Bonchev–Trinajstić information content (AvgIpc) is 2.02. The molecule has 0 rings (SSSR count). The molecule has 0 aliphatic carbocycles. The van der Waals surface area contributed by atoms with Gasteiger partial charge in [0, 0.05) is 5.92 Å². The molecule has 12 heavy (non-hydrogen) atoms. The topological polar surface area (TPSA) is 43.4 Å². The number of hydrogen-bond donors (Lipinski definition) is 0. The quantitative estimate of drug-likeness (QED) is 0.475. The summed E-state index contributed by atoms with van der Waals surface area (Å²) in [5, 5.41) is 0. The van der Waals surface area contributed by atoms with Crippen LogP contribution in [0.4, 0.5) is 0 Å². The van der Waals surface area contributed by atoms with Crippen LogP contribution in [0.15, 0.2) is 0 Å². The molecule has 1 atom stereocenters. The summed E-state index contributed by atoms with van der Waals surface area (Å²) < 4.78 is 4.59. The molecular weight excluding hydrogens is 156 g/mol. The highest BCUT2D eigenvalue weighted by Gasteiger charge is 2.24. The van der Waals surface area contributed by atoms with Gasteiger partial charge in [-0.3, -0.25) is 4.79 Å². The van der Waals surface area contributed by atoms with Crippen LogP contribution in [0.2, 0.25) is 0 Å². The average molecular weight is 172 g/mol. The molecule has 0 radical (unpaired) electrons. The first-order valence-corrected chi connectivity index (χ1v) is 4.21. The summed E-state index contributed by atoms with van der Waals surface area (Å²) in [5.74, 6) is -1.20. The Morgan fingerprint density at radius 3 is 2.08 bits per heavy atom. The molecule has 0 bridgehead atoms. The molecule has 0 heterocycles. The molecular formula is C9H16O3. The highest BCUT2D eigenvalue weighted by molar-refractivity contribution is 6.34. The monoisotopic (exact) mass is 172 g/mol. The Kier molecular flexibility index (Phi) is 4.55. The summed E-state index contributed by atoms with van der Waals surface area (Å²) in [6.45, 7) is 7.49. The van der Waals surface area contributed by atoms with Gasteiger partial charge < -0.3 is 4.74 Å². The summed E-state index contributed by atoms with van der Waals surface area (Å²) in [4.78, 5) is 22.1. The van der Waals surface area contributed by atoms with Crippen molar-refractivity contribution >= 4 is 11.8 Å². The van der Waals surface area contributed by atoms with Gasteiger partial charge in [-0.2, -0.15) is 0 Å². The predicted molar refractivity (Wildman–Crippen MR) is 45.6 cm³/mol. The lowest BCUT2D eigenvalue weighted by atomic mass is 9.94. The van der Waals surface area contributed by atoms with E-state index >= 15 is 0 Å². The second-order valence-corrected chi connectivity index (χ2v) is 3.12. The molecule has 0 aromatic heterocycles. The minimum Gasteiger partial charge on any atom is -0.460 e. The van der Waals surface area contributed by atoms with Crippen LogP contribution in [0.25, 0.3) is 0 Å². The largest absolute Gasteiger partial charge is 0.460 e. The fourth-order valence-electron chi connectivity index (χ4n) is 0.691. The second-order valence-electron chi connectivity index (χ2n) is 3.12. The van der Waals surface area contributed by atoms with Crippen molar-refractivity contribution in [3.63, 3.8) is 0 Å². The Labute approximate surface area is 73.1 Å². The third-order valence-electron chi connectivity index (χ3n) is 1.89. The van der Waals surface area contributed by atoms with E-state index in [0.29, 0.717) is 0 Å². The maximum Gasteiger partial charge on any atom is 0.374 e. The first-order valence-electron chi connectivity index (χ1n) is 4.21. The molecule has 0 aliphatic rings. The van der Waals surface area contributed by atoms with Crippen molar-refractivity contribution in [2.75, 3.05) is 6.61 Å². The molecule has 0 aromatic rings. The van der Waals surface area contributed by atoms with Gasteiger partial charge in [0.1, 0.15) is 0 Å². The summed E-state index contributed by atoms with van der Waals surface area (Å²) in [7, 11) is 0. The van der Waals surface area contributed by atoms with Crippen LogP contribution in [-0.4, -0.2) is 18.4 Å². The minimum atomic E-state index is -0.710. The number of hydrogen-bond acceptors (Lipinski definition) is 3. The van der Waals surface area contributed by atoms with Crippen molar-refractivity contribution in [1.82, 2.24) is 0 Å². The molecule has 0 spiro atoms. The first kappa shape index (κ1) is 11.1. The Bertz CT molecular complexity index is 173. The summed E-state index contributed by atoms with van der Waals surface area (Å²) in [5.41, 5.74) is 0. The van der Waals surface area contributed by atoms with Gasteiger partial charge in [-0.15, -0.1) is 0 Å². The van der Waals surface area contributed by atoms with E-state index in [2.05, 4.69) is 4.74 Å². The summed E-state index contributed by atoms with van der Waals surface area (Å²) in [6, 6.07) is 0. The molecule has 70 valence electrons. The Hall–Kier alpha value is -0.860.